The fourth-order valence-electron chi connectivity index (χ4n) is 2.97. The van der Waals surface area contributed by atoms with Gasteiger partial charge < -0.3 is 8.83 Å². The number of nitrogens with one attached hydrogen (secondary N) is 1. The van der Waals surface area contributed by atoms with Gasteiger partial charge in [0.1, 0.15) is 16.9 Å². The van der Waals surface area contributed by atoms with Gasteiger partial charge in [0.2, 0.25) is 0 Å². The number of hydrogen-bond donors (Lipinski definition) is 1. The van der Waals surface area contributed by atoms with Gasteiger partial charge in [-0.15, -0.1) is 0 Å². The summed E-state index contributed by atoms with van der Waals surface area (Å²) in [6, 6.07) is 10.7. The van der Waals surface area contributed by atoms with Crippen LogP contribution in [0.15, 0.2) is 45.2 Å². The third-order valence-corrected chi connectivity index (χ3v) is 4.37. The van der Waals surface area contributed by atoms with Crippen molar-refractivity contribution in [3.05, 3.63) is 47.8 Å². The summed E-state index contributed by atoms with van der Waals surface area (Å²) < 4.78 is 24.4. The molecule has 2 aromatic heterocycles. The highest BCUT2D eigenvalue weighted by Crippen LogP contribution is 2.26. The van der Waals surface area contributed by atoms with E-state index in [1.807, 2.05) is 12.1 Å². The molecular weight excluding hydrogens is 323 g/mol. The second-order valence-electron chi connectivity index (χ2n) is 6.21. The van der Waals surface area contributed by atoms with Crippen molar-refractivity contribution >= 4 is 34.2 Å². The lowest BCUT2D eigenvalue weighted by molar-refractivity contribution is 0.172. The third kappa shape index (κ3) is 2.72. The maximum Gasteiger partial charge on any atom is 0.303 e. The molecule has 0 spiro atoms. The normalized spacial score (nSPS) is 14.9. The van der Waals surface area contributed by atoms with Gasteiger partial charge in [0.25, 0.3) is 0 Å². The van der Waals surface area contributed by atoms with Gasteiger partial charge in [-0.1, -0.05) is 6.07 Å². The number of oxazole rings is 2. The average molecular weight is 338 g/mol. The van der Waals surface area contributed by atoms with E-state index in [-0.39, 0.29) is 11.8 Å². The Bertz CT molecular complexity index is 1070. The molecule has 0 aliphatic carbocycles. The molecule has 1 saturated heterocycles. The maximum absolute atomic E-state index is 13.2. The van der Waals surface area contributed by atoms with Crippen LogP contribution in [0.3, 0.4) is 0 Å². The van der Waals surface area contributed by atoms with Crippen molar-refractivity contribution in [2.75, 3.05) is 18.4 Å². The third-order valence-electron chi connectivity index (χ3n) is 4.37. The van der Waals surface area contributed by atoms with Crippen molar-refractivity contribution in [2.24, 2.45) is 0 Å². The first-order valence-electron chi connectivity index (χ1n) is 8.18. The Morgan fingerprint density at radius 2 is 1.64 bits per heavy atom. The van der Waals surface area contributed by atoms with Crippen molar-refractivity contribution in [1.82, 2.24) is 14.9 Å². The molecule has 2 aromatic carbocycles. The molecule has 1 N–H and O–H groups in total. The van der Waals surface area contributed by atoms with Gasteiger partial charge in [0.15, 0.2) is 11.2 Å². The van der Waals surface area contributed by atoms with E-state index in [9.17, 15) is 4.39 Å². The van der Waals surface area contributed by atoms with E-state index in [2.05, 4.69) is 26.3 Å². The number of halogens is 1. The van der Waals surface area contributed by atoms with E-state index >= 15 is 0 Å². The zero-order chi connectivity index (χ0) is 16.8. The summed E-state index contributed by atoms with van der Waals surface area (Å²) >= 11 is 0. The fourth-order valence-corrected chi connectivity index (χ4v) is 2.97. The first kappa shape index (κ1) is 14.4. The van der Waals surface area contributed by atoms with Gasteiger partial charge in [0, 0.05) is 12.6 Å². The minimum absolute atomic E-state index is 0.216. The number of likely N-dealkylation sites (tertiary alicyclic amines) is 1. The van der Waals surface area contributed by atoms with Gasteiger partial charge in [-0.05, 0) is 49.3 Å². The van der Waals surface area contributed by atoms with Crippen LogP contribution in [0.25, 0.3) is 22.2 Å². The molecule has 0 radical (unpaired) electrons. The standard InChI is InChI=1S/C18H15FN4O2/c19-12-3-5-16-14(9-12)21-18(25-16)22-17-20-13-8-11(2-4-15(13)24-17)10-23-6-1-7-23/h2-5,8-9H,1,6-7,10H2,(H,20,21,22). The summed E-state index contributed by atoms with van der Waals surface area (Å²) in [4.78, 5) is 11.0. The summed E-state index contributed by atoms with van der Waals surface area (Å²) in [6.45, 7) is 3.24. The molecule has 0 saturated carbocycles. The van der Waals surface area contributed by atoms with E-state index in [1.54, 1.807) is 0 Å². The minimum Gasteiger partial charge on any atom is -0.423 e. The fraction of sp³-hybridized carbons (Fsp3) is 0.222. The van der Waals surface area contributed by atoms with Gasteiger partial charge in [-0.2, -0.15) is 9.97 Å². The Balaban J connectivity index is 1.41. The zero-order valence-corrected chi connectivity index (χ0v) is 13.3. The number of rotatable bonds is 4. The quantitative estimate of drug-likeness (QED) is 0.605. The molecule has 25 heavy (non-hydrogen) atoms. The number of anilines is 2. The molecule has 3 heterocycles. The van der Waals surface area contributed by atoms with Gasteiger partial charge in [-0.3, -0.25) is 10.2 Å². The molecular formula is C18H15FN4O2. The topological polar surface area (TPSA) is 67.3 Å². The molecule has 1 aliphatic rings. The SMILES string of the molecule is Fc1ccc2oc(Nc3nc4cc(CN5CCC5)ccc4o3)nc2c1. The first-order chi connectivity index (χ1) is 12.2. The largest absolute Gasteiger partial charge is 0.423 e. The van der Waals surface area contributed by atoms with Crippen LogP contribution in [0.1, 0.15) is 12.0 Å². The van der Waals surface area contributed by atoms with Crippen LogP contribution >= 0.6 is 0 Å². The molecule has 0 amide bonds. The summed E-state index contributed by atoms with van der Waals surface area (Å²) in [5, 5.41) is 2.90. The zero-order valence-electron chi connectivity index (χ0n) is 13.3. The Kier molecular flexibility index (Phi) is 3.21. The van der Waals surface area contributed by atoms with E-state index < -0.39 is 0 Å². The molecule has 126 valence electrons. The molecule has 7 heteroatoms. The smallest absolute Gasteiger partial charge is 0.303 e. The molecule has 1 aliphatic heterocycles. The molecule has 0 bridgehead atoms. The average Bonchev–Trinajstić information content (AvgIpc) is 3.12. The van der Waals surface area contributed by atoms with Crippen molar-refractivity contribution in [3.63, 3.8) is 0 Å². The lowest BCUT2D eigenvalue weighted by atomic mass is 10.1. The summed E-state index contributed by atoms with van der Waals surface area (Å²) in [6.07, 6.45) is 1.27. The van der Waals surface area contributed by atoms with E-state index in [0.717, 1.165) is 25.2 Å². The number of benzene rings is 2. The summed E-state index contributed by atoms with van der Waals surface area (Å²) in [5.41, 5.74) is 3.62. The van der Waals surface area contributed by atoms with Gasteiger partial charge >= 0.3 is 12.0 Å². The maximum atomic E-state index is 13.2. The van der Waals surface area contributed by atoms with E-state index in [1.165, 1.54) is 30.2 Å². The molecule has 5 rings (SSSR count). The monoisotopic (exact) mass is 338 g/mol. The molecule has 1 fully saturated rings. The molecule has 4 aromatic rings. The van der Waals surface area contributed by atoms with Crippen LogP contribution in [0, 0.1) is 5.82 Å². The predicted molar refractivity (Wildman–Crippen MR) is 91.2 cm³/mol. The Hall–Kier alpha value is -2.93. The highest BCUT2D eigenvalue weighted by molar-refractivity contribution is 5.77. The van der Waals surface area contributed by atoms with Crippen molar-refractivity contribution in [3.8, 4) is 0 Å². The summed E-state index contributed by atoms with van der Waals surface area (Å²) in [7, 11) is 0. The number of hydrogen-bond acceptors (Lipinski definition) is 6. The Morgan fingerprint density at radius 3 is 2.32 bits per heavy atom. The number of fused-ring (bicyclic) bond motifs is 2. The second-order valence-corrected chi connectivity index (χ2v) is 6.21. The van der Waals surface area contributed by atoms with Crippen molar-refractivity contribution in [2.45, 2.75) is 13.0 Å². The number of nitrogens with zero attached hydrogens (tertiary/aromatic N) is 3. The molecule has 0 unspecified atom stereocenters. The molecule has 0 atom stereocenters. The lowest BCUT2D eigenvalue weighted by Crippen LogP contribution is -2.36. The first-order valence-corrected chi connectivity index (χ1v) is 8.18. The predicted octanol–water partition coefficient (Wildman–Crippen LogP) is 4.06. The Morgan fingerprint density at radius 1 is 0.960 bits per heavy atom. The highest BCUT2D eigenvalue weighted by Gasteiger charge is 2.15. The molecule has 6 nitrogen and oxygen atoms in total. The van der Waals surface area contributed by atoms with E-state index in [4.69, 9.17) is 8.83 Å². The number of aromatic nitrogens is 2. The van der Waals surface area contributed by atoms with Gasteiger partial charge in [-0.25, -0.2) is 4.39 Å². The lowest BCUT2D eigenvalue weighted by Gasteiger charge is -2.30. The highest BCUT2D eigenvalue weighted by atomic mass is 19.1. The van der Waals surface area contributed by atoms with Crippen LogP contribution in [-0.2, 0) is 6.54 Å². The van der Waals surface area contributed by atoms with Crippen molar-refractivity contribution in [1.29, 1.82) is 0 Å². The van der Waals surface area contributed by atoms with Crippen LogP contribution in [-0.4, -0.2) is 28.0 Å². The van der Waals surface area contributed by atoms with E-state index in [0.29, 0.717) is 22.7 Å². The summed E-state index contributed by atoms with van der Waals surface area (Å²) in [5.74, 6) is -0.357. The van der Waals surface area contributed by atoms with Crippen molar-refractivity contribution < 1.29 is 13.2 Å². The second kappa shape index (κ2) is 5.56. The Labute approximate surface area is 142 Å². The van der Waals surface area contributed by atoms with Crippen LogP contribution in [0.4, 0.5) is 16.4 Å². The van der Waals surface area contributed by atoms with Crippen LogP contribution in [0.2, 0.25) is 0 Å². The van der Waals surface area contributed by atoms with Crippen LogP contribution < -0.4 is 5.32 Å². The minimum atomic E-state index is -0.357. The van der Waals surface area contributed by atoms with Gasteiger partial charge in [0.05, 0.1) is 0 Å². The van der Waals surface area contributed by atoms with Crippen LogP contribution in [0.5, 0.6) is 0 Å².